The maximum atomic E-state index is 11.5. The van der Waals surface area contributed by atoms with E-state index in [2.05, 4.69) is 10.2 Å². The molecule has 25 heavy (non-hydrogen) atoms. The number of nitrogens with zero attached hydrogens (tertiary/aromatic N) is 1. The number of thiophene rings is 1. The third kappa shape index (κ3) is 5.47. The molecule has 0 bridgehead atoms. The quantitative estimate of drug-likeness (QED) is 0.626. The number of hydrogen-bond donors (Lipinski definition) is 3. The lowest BCUT2D eigenvalue weighted by Crippen LogP contribution is -2.21. The summed E-state index contributed by atoms with van der Waals surface area (Å²) < 4.78 is 5.70. The number of anilines is 1. The molecule has 0 aliphatic heterocycles. The normalized spacial score (nSPS) is 10.7. The number of hydrogen-bond acceptors (Lipinski definition) is 5. The van der Waals surface area contributed by atoms with E-state index in [0.717, 1.165) is 29.2 Å². The molecule has 7 nitrogen and oxygen atoms in total. The lowest BCUT2D eigenvalue weighted by atomic mass is 10.1. The van der Waals surface area contributed by atoms with Crippen molar-refractivity contribution in [3.05, 3.63) is 35.9 Å². The Hall–Kier alpha value is -2.58. The van der Waals surface area contributed by atoms with E-state index in [9.17, 15) is 9.59 Å². The summed E-state index contributed by atoms with van der Waals surface area (Å²) in [7, 11) is 4.05. The summed E-state index contributed by atoms with van der Waals surface area (Å²) >= 11 is 1.24. The second-order valence-electron chi connectivity index (χ2n) is 5.74. The zero-order valence-corrected chi connectivity index (χ0v) is 15.1. The minimum Gasteiger partial charge on any atom is -0.494 e. The second-order valence-corrected chi connectivity index (χ2v) is 6.79. The van der Waals surface area contributed by atoms with E-state index in [-0.39, 0.29) is 5.56 Å². The van der Waals surface area contributed by atoms with Crippen molar-refractivity contribution < 1.29 is 14.3 Å². The first-order valence-corrected chi connectivity index (χ1v) is 8.56. The smallest absolute Gasteiger partial charge is 0.317 e. The fraction of sp³-hybridized carbons (Fsp3) is 0.294. The molecule has 2 rings (SSSR count). The van der Waals surface area contributed by atoms with Gasteiger partial charge in [0.15, 0.2) is 0 Å². The number of carbonyl (C=O) groups is 2. The highest BCUT2D eigenvalue weighted by Crippen LogP contribution is 2.35. The Morgan fingerprint density at radius 3 is 2.44 bits per heavy atom. The molecule has 1 aromatic carbocycles. The van der Waals surface area contributed by atoms with Crippen molar-refractivity contribution in [2.45, 2.75) is 6.42 Å². The molecule has 0 spiro atoms. The maximum Gasteiger partial charge on any atom is 0.317 e. The minimum absolute atomic E-state index is 0.239. The highest BCUT2D eigenvalue weighted by molar-refractivity contribution is 7.20. The molecule has 134 valence electrons. The van der Waals surface area contributed by atoms with Gasteiger partial charge in [-0.2, -0.15) is 0 Å². The van der Waals surface area contributed by atoms with Crippen LogP contribution in [0.1, 0.15) is 16.8 Å². The first-order valence-electron chi connectivity index (χ1n) is 7.75. The monoisotopic (exact) mass is 362 g/mol. The summed E-state index contributed by atoms with van der Waals surface area (Å²) in [4.78, 5) is 25.5. The van der Waals surface area contributed by atoms with Crippen molar-refractivity contribution in [3.8, 4) is 16.2 Å². The first-order chi connectivity index (χ1) is 11.9. The van der Waals surface area contributed by atoms with Crippen molar-refractivity contribution >= 4 is 28.3 Å². The van der Waals surface area contributed by atoms with Crippen molar-refractivity contribution in [2.24, 2.45) is 11.5 Å². The molecule has 5 N–H and O–H groups in total. The number of primary amides is 2. The summed E-state index contributed by atoms with van der Waals surface area (Å²) in [5.74, 6) is 0.164. The predicted molar refractivity (Wildman–Crippen MR) is 100 cm³/mol. The lowest BCUT2D eigenvalue weighted by molar-refractivity contribution is 0.100. The summed E-state index contributed by atoms with van der Waals surface area (Å²) in [6.45, 7) is 1.62. The van der Waals surface area contributed by atoms with Gasteiger partial charge in [0.2, 0.25) is 0 Å². The third-order valence-electron chi connectivity index (χ3n) is 3.39. The van der Waals surface area contributed by atoms with Gasteiger partial charge in [0, 0.05) is 11.4 Å². The molecule has 3 amide bonds. The number of amides is 3. The van der Waals surface area contributed by atoms with Crippen LogP contribution < -0.4 is 21.5 Å². The van der Waals surface area contributed by atoms with Crippen LogP contribution in [0.3, 0.4) is 0 Å². The standard InChI is InChI=1S/C17H22N4O3S/c1-21(2)8-3-9-24-12-6-4-11(5-7-12)14-10-13(15(18)22)16(25-14)20-17(19)23/h4-7,10H,3,8-9H2,1-2H3,(H2,18,22)(H3,19,20,23). The van der Waals surface area contributed by atoms with Crippen LogP contribution in [0.15, 0.2) is 30.3 Å². The Balaban J connectivity index is 2.08. The first kappa shape index (κ1) is 18.8. The van der Waals surface area contributed by atoms with Gasteiger partial charge in [-0.25, -0.2) is 4.79 Å². The van der Waals surface area contributed by atoms with Crippen LogP contribution in [0.5, 0.6) is 5.75 Å². The maximum absolute atomic E-state index is 11.5. The second kappa shape index (κ2) is 8.50. The van der Waals surface area contributed by atoms with Crippen LogP contribution in [0.25, 0.3) is 10.4 Å². The van der Waals surface area contributed by atoms with E-state index in [1.165, 1.54) is 11.3 Å². The molecule has 0 atom stereocenters. The predicted octanol–water partition coefficient (Wildman–Crippen LogP) is 2.34. The van der Waals surface area contributed by atoms with Gasteiger partial charge < -0.3 is 21.1 Å². The lowest BCUT2D eigenvalue weighted by Gasteiger charge is -2.10. The van der Waals surface area contributed by atoms with Crippen LogP contribution in [0.4, 0.5) is 9.80 Å². The fourth-order valence-corrected chi connectivity index (χ4v) is 3.28. The summed E-state index contributed by atoms with van der Waals surface area (Å²) in [6.07, 6.45) is 0.948. The van der Waals surface area contributed by atoms with E-state index >= 15 is 0 Å². The zero-order chi connectivity index (χ0) is 18.4. The molecule has 2 aromatic rings. The highest BCUT2D eigenvalue weighted by atomic mass is 32.1. The van der Waals surface area contributed by atoms with E-state index in [1.54, 1.807) is 6.07 Å². The van der Waals surface area contributed by atoms with Crippen molar-refractivity contribution in [1.82, 2.24) is 4.90 Å². The molecule has 0 aliphatic rings. The van der Waals surface area contributed by atoms with Gasteiger partial charge in [0.25, 0.3) is 5.91 Å². The zero-order valence-electron chi connectivity index (χ0n) is 14.2. The molecule has 0 unspecified atom stereocenters. The number of nitrogens with one attached hydrogen (secondary N) is 1. The molecule has 1 aromatic heterocycles. The number of urea groups is 1. The van der Waals surface area contributed by atoms with Gasteiger partial charge in [0.05, 0.1) is 12.2 Å². The number of carbonyl (C=O) groups excluding carboxylic acids is 2. The summed E-state index contributed by atoms with van der Waals surface area (Å²) in [6, 6.07) is 8.44. The fourth-order valence-electron chi connectivity index (χ4n) is 2.21. The van der Waals surface area contributed by atoms with Crippen molar-refractivity contribution in [1.29, 1.82) is 0 Å². The molecule has 0 saturated carbocycles. The molecule has 8 heteroatoms. The molecule has 0 saturated heterocycles. The van der Waals surface area contributed by atoms with Crippen LogP contribution in [0.2, 0.25) is 0 Å². The molecular weight excluding hydrogens is 340 g/mol. The molecule has 0 radical (unpaired) electrons. The van der Waals surface area contributed by atoms with Crippen molar-refractivity contribution in [2.75, 3.05) is 32.6 Å². The Morgan fingerprint density at radius 2 is 1.88 bits per heavy atom. The number of nitrogens with two attached hydrogens (primary N) is 2. The average molecular weight is 362 g/mol. The summed E-state index contributed by atoms with van der Waals surface area (Å²) in [5.41, 5.74) is 11.6. The SMILES string of the molecule is CN(C)CCCOc1ccc(-c2cc(C(N)=O)c(NC(N)=O)s2)cc1. The topological polar surface area (TPSA) is 111 Å². The molecule has 0 aliphatic carbocycles. The van der Waals surface area contributed by atoms with Crippen LogP contribution in [-0.2, 0) is 0 Å². The van der Waals surface area contributed by atoms with Gasteiger partial charge in [-0.3, -0.25) is 10.1 Å². The van der Waals surface area contributed by atoms with Crippen LogP contribution >= 0.6 is 11.3 Å². The Labute approximate surface area is 150 Å². The number of benzene rings is 1. The van der Waals surface area contributed by atoms with Gasteiger partial charge in [-0.15, -0.1) is 11.3 Å². The molecule has 0 fully saturated rings. The largest absolute Gasteiger partial charge is 0.494 e. The minimum atomic E-state index is -0.739. The molecular formula is C17H22N4O3S. The van der Waals surface area contributed by atoms with Crippen LogP contribution in [-0.4, -0.2) is 44.1 Å². The Bertz CT molecular complexity index is 741. The van der Waals surface area contributed by atoms with E-state index in [0.29, 0.717) is 11.6 Å². The Morgan fingerprint density at radius 1 is 1.20 bits per heavy atom. The van der Waals surface area contributed by atoms with Gasteiger partial charge in [0.1, 0.15) is 10.8 Å². The van der Waals surface area contributed by atoms with E-state index < -0.39 is 11.9 Å². The van der Waals surface area contributed by atoms with Gasteiger partial charge in [-0.05, 0) is 56.4 Å². The Kier molecular flexibility index (Phi) is 6.37. The number of rotatable bonds is 8. The molecule has 1 heterocycles. The van der Waals surface area contributed by atoms with E-state index in [1.807, 2.05) is 38.4 Å². The van der Waals surface area contributed by atoms with Crippen LogP contribution in [0, 0.1) is 0 Å². The van der Waals surface area contributed by atoms with E-state index in [4.69, 9.17) is 16.2 Å². The number of ether oxygens (including phenoxy) is 1. The summed E-state index contributed by atoms with van der Waals surface area (Å²) in [5, 5.41) is 2.77. The van der Waals surface area contributed by atoms with Gasteiger partial charge in [-0.1, -0.05) is 0 Å². The highest BCUT2D eigenvalue weighted by Gasteiger charge is 2.16. The third-order valence-corrected chi connectivity index (χ3v) is 4.49. The van der Waals surface area contributed by atoms with Crippen molar-refractivity contribution in [3.63, 3.8) is 0 Å². The average Bonchev–Trinajstić information content (AvgIpc) is 2.95. The van der Waals surface area contributed by atoms with Gasteiger partial charge >= 0.3 is 6.03 Å².